The Morgan fingerprint density at radius 2 is 1.70 bits per heavy atom. The molecule has 0 spiro atoms. The minimum atomic E-state index is -0.0574. The largest absolute Gasteiger partial charge is 0.491 e. The summed E-state index contributed by atoms with van der Waals surface area (Å²) in [4.78, 5) is 29.9. The van der Waals surface area contributed by atoms with Gasteiger partial charge in [0.15, 0.2) is 0 Å². The highest BCUT2D eigenvalue weighted by Gasteiger charge is 2.27. The second-order valence-corrected chi connectivity index (χ2v) is 8.39. The summed E-state index contributed by atoms with van der Waals surface area (Å²) < 4.78 is 6.17. The maximum absolute atomic E-state index is 13.4. The Hall–Kier alpha value is -2.82. The van der Waals surface area contributed by atoms with Gasteiger partial charge in [0.1, 0.15) is 12.4 Å². The molecule has 1 heterocycles. The predicted octanol–water partition coefficient (Wildman–Crippen LogP) is 4.49. The van der Waals surface area contributed by atoms with Gasteiger partial charge in [0.2, 0.25) is 0 Å². The van der Waals surface area contributed by atoms with Crippen LogP contribution in [0.5, 0.6) is 5.75 Å². The topological polar surface area (TPSA) is 49.9 Å². The summed E-state index contributed by atoms with van der Waals surface area (Å²) in [6, 6.07) is 16.8. The normalized spacial score (nSPS) is 18.3. The monoisotopic (exact) mass is 408 g/mol. The van der Waals surface area contributed by atoms with Gasteiger partial charge in [0.25, 0.3) is 11.8 Å². The van der Waals surface area contributed by atoms with E-state index in [-0.39, 0.29) is 17.9 Å². The molecule has 160 valence electrons. The van der Waals surface area contributed by atoms with Gasteiger partial charge < -0.3 is 14.5 Å². The van der Waals surface area contributed by atoms with Crippen molar-refractivity contribution in [2.24, 2.45) is 5.92 Å². The van der Waals surface area contributed by atoms with Crippen LogP contribution in [-0.2, 0) is 0 Å². The first-order valence-corrected chi connectivity index (χ1v) is 10.8. The zero-order valence-electron chi connectivity index (χ0n) is 18.2. The van der Waals surface area contributed by atoms with Crippen LogP contribution in [0.1, 0.15) is 53.8 Å². The molecule has 0 radical (unpaired) electrons. The molecule has 1 aliphatic heterocycles. The van der Waals surface area contributed by atoms with E-state index in [1.807, 2.05) is 66.5 Å². The molecule has 30 heavy (non-hydrogen) atoms. The lowest BCUT2D eigenvalue weighted by Crippen LogP contribution is -2.45. The number of hydrogen-bond acceptors (Lipinski definition) is 3. The number of carbonyl (C=O) groups excluding carboxylic acids is 2. The number of ether oxygens (including phenoxy) is 1. The number of nitrogens with zero attached hydrogens (tertiary/aromatic N) is 2. The number of carbonyl (C=O) groups is 2. The van der Waals surface area contributed by atoms with Crippen LogP contribution in [0.25, 0.3) is 0 Å². The van der Waals surface area contributed by atoms with Gasteiger partial charge in [-0.1, -0.05) is 44.2 Å². The molecule has 0 bridgehead atoms. The van der Waals surface area contributed by atoms with Crippen molar-refractivity contribution in [2.45, 2.75) is 39.2 Å². The predicted molar refractivity (Wildman–Crippen MR) is 119 cm³/mol. The Balaban J connectivity index is 1.92. The molecule has 1 atom stereocenters. The van der Waals surface area contributed by atoms with Crippen LogP contribution < -0.4 is 4.74 Å². The van der Waals surface area contributed by atoms with E-state index in [1.54, 1.807) is 4.90 Å². The van der Waals surface area contributed by atoms with Crippen LogP contribution in [-0.4, -0.2) is 54.4 Å². The zero-order valence-corrected chi connectivity index (χ0v) is 18.2. The van der Waals surface area contributed by atoms with E-state index in [2.05, 4.69) is 13.8 Å². The van der Waals surface area contributed by atoms with Gasteiger partial charge in [-0.15, -0.1) is 0 Å². The Morgan fingerprint density at radius 1 is 1.03 bits per heavy atom. The van der Waals surface area contributed by atoms with Crippen LogP contribution >= 0.6 is 0 Å². The van der Waals surface area contributed by atoms with Crippen LogP contribution in [0.2, 0.25) is 0 Å². The summed E-state index contributed by atoms with van der Waals surface area (Å²) in [7, 11) is 1.82. The van der Waals surface area contributed by atoms with E-state index in [1.165, 1.54) is 0 Å². The van der Waals surface area contributed by atoms with E-state index < -0.39 is 0 Å². The summed E-state index contributed by atoms with van der Waals surface area (Å²) in [5.74, 6) is 1.01. The van der Waals surface area contributed by atoms with Crippen molar-refractivity contribution in [1.82, 2.24) is 9.80 Å². The van der Waals surface area contributed by atoms with E-state index >= 15 is 0 Å². The van der Waals surface area contributed by atoms with Crippen molar-refractivity contribution < 1.29 is 14.3 Å². The number of hydrogen-bond donors (Lipinski definition) is 0. The van der Waals surface area contributed by atoms with Gasteiger partial charge in [0, 0.05) is 25.7 Å². The Labute approximate surface area is 179 Å². The van der Waals surface area contributed by atoms with Crippen LogP contribution in [0.4, 0.5) is 0 Å². The number of fused-ring (bicyclic) bond motifs is 1. The Bertz CT molecular complexity index is 850. The molecule has 3 rings (SSSR count). The Kier molecular flexibility index (Phi) is 7.50. The highest BCUT2D eigenvalue weighted by atomic mass is 16.5. The zero-order chi connectivity index (χ0) is 21.5. The molecule has 0 unspecified atom stereocenters. The maximum Gasteiger partial charge on any atom is 0.257 e. The lowest BCUT2D eigenvalue weighted by Gasteiger charge is -2.34. The summed E-state index contributed by atoms with van der Waals surface area (Å²) in [6.07, 6.45) is 2.53. The molecule has 0 saturated carbocycles. The number of para-hydroxylation sites is 1. The molecule has 0 fully saturated rings. The minimum absolute atomic E-state index is 0.0243. The first kappa shape index (κ1) is 21.9. The average Bonchev–Trinajstić information content (AvgIpc) is 2.75. The SMILES string of the molecule is CC(C)C[C@H]1COc2ccccc2C(=O)N(C)CCCCN1C(=O)c1ccccc1. The standard InChI is InChI=1S/C25H32N2O3/c1-19(2)17-21-18-30-23-14-8-7-13-22(23)25(29)26(3)15-9-10-16-27(21)24(28)20-11-5-4-6-12-20/h4-8,11-14,19,21H,9-10,15-18H2,1-3H3/t21-/m0/s1. The number of rotatable bonds is 3. The van der Waals surface area contributed by atoms with Crippen molar-refractivity contribution in [2.75, 3.05) is 26.7 Å². The van der Waals surface area contributed by atoms with Crippen molar-refractivity contribution >= 4 is 11.8 Å². The van der Waals surface area contributed by atoms with E-state index in [4.69, 9.17) is 4.74 Å². The first-order chi connectivity index (χ1) is 14.5. The minimum Gasteiger partial charge on any atom is -0.491 e. The molecule has 0 aliphatic carbocycles. The van der Waals surface area contributed by atoms with Gasteiger partial charge >= 0.3 is 0 Å². The molecule has 2 amide bonds. The second kappa shape index (κ2) is 10.3. The van der Waals surface area contributed by atoms with E-state index in [0.29, 0.717) is 42.5 Å². The molecule has 0 saturated heterocycles. The smallest absolute Gasteiger partial charge is 0.257 e. The summed E-state index contributed by atoms with van der Waals surface area (Å²) in [5, 5.41) is 0. The van der Waals surface area contributed by atoms with Crippen molar-refractivity contribution in [1.29, 1.82) is 0 Å². The van der Waals surface area contributed by atoms with Gasteiger partial charge in [-0.3, -0.25) is 9.59 Å². The van der Waals surface area contributed by atoms with Crippen LogP contribution in [0.15, 0.2) is 54.6 Å². The average molecular weight is 409 g/mol. The van der Waals surface area contributed by atoms with Gasteiger partial charge in [-0.25, -0.2) is 0 Å². The molecular weight excluding hydrogens is 376 g/mol. The highest BCUT2D eigenvalue weighted by molar-refractivity contribution is 5.97. The molecular formula is C25H32N2O3. The fraction of sp³-hybridized carbons (Fsp3) is 0.440. The maximum atomic E-state index is 13.4. The molecule has 0 aromatic heterocycles. The highest BCUT2D eigenvalue weighted by Crippen LogP contribution is 2.23. The first-order valence-electron chi connectivity index (χ1n) is 10.8. The summed E-state index contributed by atoms with van der Waals surface area (Å²) in [6.45, 7) is 5.99. The Morgan fingerprint density at radius 3 is 2.43 bits per heavy atom. The van der Waals surface area contributed by atoms with Crippen molar-refractivity contribution in [3.05, 3.63) is 65.7 Å². The van der Waals surface area contributed by atoms with Gasteiger partial charge in [0.05, 0.1) is 11.6 Å². The van der Waals surface area contributed by atoms with Crippen molar-refractivity contribution in [3.63, 3.8) is 0 Å². The summed E-state index contributed by atoms with van der Waals surface area (Å²) >= 11 is 0. The third kappa shape index (κ3) is 5.41. The fourth-order valence-corrected chi connectivity index (χ4v) is 3.92. The van der Waals surface area contributed by atoms with Crippen molar-refractivity contribution in [3.8, 4) is 5.75 Å². The fourth-order valence-electron chi connectivity index (χ4n) is 3.92. The third-order valence-electron chi connectivity index (χ3n) is 5.50. The molecule has 5 heteroatoms. The molecule has 5 nitrogen and oxygen atoms in total. The number of amides is 2. The molecule has 2 aromatic rings. The lowest BCUT2D eigenvalue weighted by molar-refractivity contribution is 0.0559. The lowest BCUT2D eigenvalue weighted by atomic mass is 10.0. The molecule has 2 aromatic carbocycles. The van der Waals surface area contributed by atoms with E-state index in [0.717, 1.165) is 19.3 Å². The quantitative estimate of drug-likeness (QED) is 0.752. The van der Waals surface area contributed by atoms with Gasteiger partial charge in [-0.2, -0.15) is 0 Å². The van der Waals surface area contributed by atoms with E-state index in [9.17, 15) is 9.59 Å². The van der Waals surface area contributed by atoms with Crippen LogP contribution in [0.3, 0.4) is 0 Å². The van der Waals surface area contributed by atoms with Gasteiger partial charge in [-0.05, 0) is 49.4 Å². The summed E-state index contributed by atoms with van der Waals surface area (Å²) in [5.41, 5.74) is 1.27. The number of benzene rings is 2. The van der Waals surface area contributed by atoms with Crippen LogP contribution in [0, 0.1) is 5.92 Å². The molecule has 1 aliphatic rings. The second-order valence-electron chi connectivity index (χ2n) is 8.39. The molecule has 0 N–H and O–H groups in total. The third-order valence-corrected chi connectivity index (χ3v) is 5.50.